The molecule has 7 aliphatic rings. The highest BCUT2D eigenvalue weighted by atomic mass is 16.3. The fraction of sp³-hybridized carbons (Fsp3) is 0.361. The van der Waals surface area contributed by atoms with E-state index in [0.717, 1.165) is 98.8 Å². The molecule has 0 saturated heterocycles. The van der Waals surface area contributed by atoms with Crippen molar-refractivity contribution in [1.82, 2.24) is 9.97 Å². The standard InChI is InChI=1S/C97H100N2O3/c1-45-27-68(77-62-39-54(93(12,13)14)29-47-28-51(90(3,4)5)36-59(70(45)77)72(47)62)85-80-65-42-57(96(21,22)23)34-50-35-58(97(24,25)26)43-66(75(50)65)81(80)86(99-85)83-87(100)82(88(101)89(83)102)67-44-69(78-63-40-55(94(15,16)17)33-49-32-53(92(9,10)11)38-61(74(49)63)76(67)78)84-79-64-41-56(95(18,19)20)31-48-30-52(91(6,7)8)37-60(73(48)64)71(79)46(2)98-84/h28-44,98-100H,27H2,1-26H3/b82-67-. The van der Waals surface area contributed by atoms with E-state index >= 15 is 9.59 Å². The van der Waals surface area contributed by atoms with Gasteiger partial charge in [0.15, 0.2) is 0 Å². The van der Waals surface area contributed by atoms with E-state index in [-0.39, 0.29) is 60.2 Å². The number of fused-ring (bicyclic) bond motifs is 11. The maximum absolute atomic E-state index is 16.4. The average Bonchev–Trinajstić information content (AvgIpc) is 1.52. The molecule has 516 valence electrons. The molecule has 3 N–H and O–H groups in total. The third-order valence-electron chi connectivity index (χ3n) is 24.2. The van der Waals surface area contributed by atoms with E-state index in [1.807, 2.05) is 0 Å². The molecule has 17 rings (SSSR count). The molecule has 8 aromatic carbocycles. The van der Waals surface area contributed by atoms with Gasteiger partial charge in [-0.25, -0.2) is 0 Å². The highest BCUT2D eigenvalue weighted by Crippen LogP contribution is 2.63. The summed E-state index contributed by atoms with van der Waals surface area (Å²) in [5.74, 6) is -1.71. The van der Waals surface area contributed by atoms with Gasteiger partial charge >= 0.3 is 0 Å². The van der Waals surface area contributed by atoms with Crippen molar-refractivity contribution in [1.29, 1.82) is 0 Å². The molecule has 0 spiro atoms. The number of carbonyl (C=O) groups excluding carboxylic acids is 2. The van der Waals surface area contributed by atoms with Crippen LogP contribution in [0.15, 0.2) is 114 Å². The van der Waals surface area contributed by atoms with Crippen LogP contribution in [0.5, 0.6) is 0 Å². The van der Waals surface area contributed by atoms with Crippen LogP contribution in [0.4, 0.5) is 0 Å². The van der Waals surface area contributed by atoms with Crippen LogP contribution < -0.4 is 5.22 Å². The van der Waals surface area contributed by atoms with Gasteiger partial charge in [0, 0.05) is 38.7 Å². The van der Waals surface area contributed by atoms with Gasteiger partial charge in [0.2, 0.25) is 11.6 Å². The summed E-state index contributed by atoms with van der Waals surface area (Å²) in [4.78, 5) is 41.0. The van der Waals surface area contributed by atoms with Crippen LogP contribution in [0.2, 0.25) is 0 Å². The van der Waals surface area contributed by atoms with Gasteiger partial charge in [-0.15, -0.1) is 0 Å². The van der Waals surface area contributed by atoms with Crippen LogP contribution in [0, 0.1) is 17.4 Å². The maximum atomic E-state index is 16.4. The molecule has 5 heteroatoms. The lowest BCUT2D eigenvalue weighted by atomic mass is 9.81. The summed E-state index contributed by atoms with van der Waals surface area (Å²) in [6.07, 6.45) is 0.678. The Hall–Kier alpha value is -9.06. The number of hydrogen-bond donors (Lipinski definition) is 3. The average molecular weight is 1340 g/mol. The summed E-state index contributed by atoms with van der Waals surface area (Å²) < 4.78 is 0. The quantitative estimate of drug-likeness (QED) is 0.154. The molecule has 2 aromatic heterocycles. The number of aromatic amines is 2. The van der Waals surface area contributed by atoms with E-state index < -0.39 is 11.6 Å². The molecule has 7 aliphatic carbocycles. The molecule has 0 aliphatic heterocycles. The second-order valence-corrected chi connectivity index (χ2v) is 39.7. The topological polar surface area (TPSA) is 85.9 Å². The zero-order valence-electron chi connectivity index (χ0n) is 65.3. The van der Waals surface area contributed by atoms with Crippen molar-refractivity contribution in [2.75, 3.05) is 0 Å². The number of aliphatic hydroxyl groups excluding tert-OH is 1. The van der Waals surface area contributed by atoms with E-state index in [4.69, 9.17) is 0 Å². The number of benzene rings is 8. The molecule has 0 bridgehead atoms. The Morgan fingerprint density at radius 3 is 1.04 bits per heavy atom. The van der Waals surface area contributed by atoms with E-state index in [9.17, 15) is 5.11 Å². The van der Waals surface area contributed by atoms with Gasteiger partial charge in [0.05, 0.1) is 28.2 Å². The first-order chi connectivity index (χ1) is 47.2. The van der Waals surface area contributed by atoms with E-state index in [1.54, 1.807) is 0 Å². The predicted octanol–water partition coefficient (Wildman–Crippen LogP) is 25.0. The molecular formula is C97H100N2O3. The Balaban J connectivity index is 1.02. The number of aliphatic hydroxyl groups is 1. The van der Waals surface area contributed by atoms with Gasteiger partial charge in [-0.05, 0) is 277 Å². The minimum Gasteiger partial charge on any atom is -0.506 e. The third kappa shape index (κ3) is 9.19. The first-order valence-corrected chi connectivity index (χ1v) is 37.4. The zero-order valence-corrected chi connectivity index (χ0v) is 65.3. The van der Waals surface area contributed by atoms with Crippen molar-refractivity contribution >= 4 is 93.3 Å². The molecule has 5 nitrogen and oxygen atoms in total. The molecule has 0 unspecified atom stereocenters. The fourth-order valence-corrected chi connectivity index (χ4v) is 18.2. The van der Waals surface area contributed by atoms with Crippen molar-refractivity contribution in [2.45, 2.75) is 230 Å². The summed E-state index contributed by atoms with van der Waals surface area (Å²) in [7, 11) is 0. The first-order valence-electron chi connectivity index (χ1n) is 37.4. The highest BCUT2D eigenvalue weighted by Gasteiger charge is 2.46. The third-order valence-corrected chi connectivity index (χ3v) is 24.2. The van der Waals surface area contributed by atoms with Crippen molar-refractivity contribution in [3.05, 3.63) is 203 Å². The second-order valence-electron chi connectivity index (χ2n) is 39.7. The van der Waals surface area contributed by atoms with Crippen LogP contribution in [-0.4, -0.2) is 26.6 Å². The molecule has 2 heterocycles. The Kier molecular flexibility index (Phi) is 13.1. The number of Topliss-reactive ketones (excluding diaryl/α,β-unsaturated/α-hetero) is 2. The van der Waals surface area contributed by atoms with Crippen LogP contribution in [-0.2, 0) is 52.9 Å². The SMILES string of the molecule is CC1=C2C(=C(c3[nH]c(C4=C(O)/C(=c5\cc(-c6[nH]c(C)c7c6-c6cc(C(C)(C)C)cc8cc(C(C)(C)C)cc-7c68)c6c7cc(C(C)(C)C)cc8cc(C(C)(C)C)cc(c5=6)c87)C(=O)C4=O)c4c3-c3cc(C(C)(C)C)cc5cc(C(C)(C)C)cc-4c35)C1)c1cc(C(C)(C)C)cc3cc(C(C)(C)C)cc2c13. The Morgan fingerprint density at radius 1 is 0.304 bits per heavy atom. The van der Waals surface area contributed by atoms with Gasteiger partial charge < -0.3 is 15.1 Å². The molecule has 0 saturated carbocycles. The summed E-state index contributed by atoms with van der Waals surface area (Å²) in [6, 6.07) is 40.6. The predicted molar refractivity (Wildman–Crippen MR) is 433 cm³/mol. The first kappa shape index (κ1) is 66.2. The number of aromatic nitrogens is 2. The van der Waals surface area contributed by atoms with E-state index in [2.05, 4.69) is 293 Å². The molecule has 10 aromatic rings. The Morgan fingerprint density at radius 2 is 0.627 bits per heavy atom. The molecule has 102 heavy (non-hydrogen) atoms. The number of H-pyrrole nitrogens is 2. The smallest absolute Gasteiger partial charge is 0.239 e. The summed E-state index contributed by atoms with van der Waals surface area (Å²) in [5, 5.41) is 28.2. The van der Waals surface area contributed by atoms with Gasteiger partial charge in [0.1, 0.15) is 5.76 Å². The number of aryl methyl sites for hydroxylation is 1. The van der Waals surface area contributed by atoms with Crippen molar-refractivity contribution in [3.63, 3.8) is 0 Å². The highest BCUT2D eigenvalue weighted by molar-refractivity contribution is 6.70. The Labute approximate surface area is 602 Å². The van der Waals surface area contributed by atoms with Crippen LogP contribution in [0.3, 0.4) is 0 Å². The largest absolute Gasteiger partial charge is 0.506 e. The van der Waals surface area contributed by atoms with Gasteiger partial charge in [-0.1, -0.05) is 220 Å². The van der Waals surface area contributed by atoms with Gasteiger partial charge in [-0.2, -0.15) is 0 Å². The van der Waals surface area contributed by atoms with Gasteiger partial charge in [0.25, 0.3) is 0 Å². The number of nitrogens with one attached hydrogen (secondary N) is 2. The maximum Gasteiger partial charge on any atom is 0.239 e. The number of ketones is 2. The van der Waals surface area contributed by atoms with Crippen molar-refractivity contribution in [3.8, 4) is 55.8 Å². The number of rotatable bonds is 3. The summed E-state index contributed by atoms with van der Waals surface area (Å²) in [5.41, 5.74) is 29.1. The molecule has 0 radical (unpaired) electrons. The van der Waals surface area contributed by atoms with Crippen LogP contribution >= 0.6 is 0 Å². The normalized spacial score (nSPS) is 16.4. The van der Waals surface area contributed by atoms with Crippen LogP contribution in [0.25, 0.3) is 137 Å². The van der Waals surface area contributed by atoms with Crippen molar-refractivity contribution in [2.24, 2.45) is 0 Å². The lowest BCUT2D eigenvalue weighted by Gasteiger charge is -2.24. The number of allylic oxidation sites excluding steroid dienone is 6. The second kappa shape index (κ2) is 20.2. The molecule has 0 fully saturated rings. The van der Waals surface area contributed by atoms with Crippen LogP contribution in [0.1, 0.15) is 252 Å². The summed E-state index contributed by atoms with van der Waals surface area (Å²) in [6.45, 7) is 59.6. The van der Waals surface area contributed by atoms with E-state index in [0.29, 0.717) is 17.3 Å². The number of carbonyl (C=O) groups is 2. The molecular weight excluding hydrogens is 1240 g/mol. The fourth-order valence-electron chi connectivity index (χ4n) is 18.2. The molecule has 0 atom stereocenters. The number of hydrogen-bond acceptors (Lipinski definition) is 3. The van der Waals surface area contributed by atoms with E-state index in [1.165, 1.54) is 111 Å². The molecule has 0 amide bonds. The van der Waals surface area contributed by atoms with Crippen molar-refractivity contribution < 1.29 is 14.7 Å². The zero-order chi connectivity index (χ0) is 73.1. The summed E-state index contributed by atoms with van der Waals surface area (Å²) >= 11 is 0. The lowest BCUT2D eigenvalue weighted by molar-refractivity contribution is -0.129. The van der Waals surface area contributed by atoms with Gasteiger partial charge in [-0.3, -0.25) is 9.59 Å². The monoisotopic (exact) mass is 1340 g/mol. The minimum atomic E-state index is -0.715. The Bertz CT molecular complexity index is 6160. The minimum absolute atomic E-state index is 0.0181. The lowest BCUT2D eigenvalue weighted by Crippen LogP contribution is -2.16.